The van der Waals surface area contributed by atoms with E-state index in [1.807, 2.05) is 55.4 Å². The highest BCUT2D eigenvalue weighted by molar-refractivity contribution is 6.30. The van der Waals surface area contributed by atoms with Crippen LogP contribution in [0.1, 0.15) is 17.2 Å². The van der Waals surface area contributed by atoms with Gasteiger partial charge >= 0.3 is 6.03 Å². The summed E-state index contributed by atoms with van der Waals surface area (Å²) in [5.74, 6) is 0.109. The molecular formula is C20H23ClN4O2. The number of piperazine rings is 1. The molecule has 1 saturated heterocycles. The Morgan fingerprint density at radius 1 is 1.11 bits per heavy atom. The normalized spacial score (nSPS) is 17.7. The lowest BCUT2D eigenvalue weighted by Crippen LogP contribution is -2.48. The van der Waals surface area contributed by atoms with Crippen LogP contribution < -0.4 is 10.6 Å². The number of likely N-dealkylation sites (N-methyl/N-ethyl adjacent to an activating group) is 2. The Balaban J connectivity index is 1.56. The molecule has 6 nitrogen and oxygen atoms in total. The Hall–Kier alpha value is -2.57. The minimum absolute atomic E-state index is 0.0176. The summed E-state index contributed by atoms with van der Waals surface area (Å²) < 4.78 is 0. The monoisotopic (exact) mass is 386 g/mol. The van der Waals surface area contributed by atoms with Crippen LogP contribution in [-0.4, -0.2) is 48.9 Å². The maximum absolute atomic E-state index is 12.1. The van der Waals surface area contributed by atoms with E-state index in [0.29, 0.717) is 23.8 Å². The molecule has 1 atom stereocenters. The predicted molar refractivity (Wildman–Crippen MR) is 107 cm³/mol. The first-order chi connectivity index (χ1) is 12.9. The largest absolute Gasteiger partial charge is 0.336 e. The van der Waals surface area contributed by atoms with Crippen LogP contribution in [0.5, 0.6) is 0 Å². The van der Waals surface area contributed by atoms with E-state index in [1.54, 1.807) is 17.0 Å². The summed E-state index contributed by atoms with van der Waals surface area (Å²) in [7, 11) is 3.77. The first-order valence-corrected chi connectivity index (χ1v) is 9.13. The van der Waals surface area contributed by atoms with Gasteiger partial charge in [-0.1, -0.05) is 35.9 Å². The van der Waals surface area contributed by atoms with Crippen molar-refractivity contribution in [1.82, 2.24) is 15.1 Å². The third-order valence-electron chi connectivity index (χ3n) is 4.67. The number of benzene rings is 2. The number of nitrogens with one attached hydrogen (secondary N) is 2. The lowest BCUT2D eigenvalue weighted by molar-refractivity contribution is -0.137. The van der Waals surface area contributed by atoms with Crippen LogP contribution >= 0.6 is 11.6 Å². The Morgan fingerprint density at radius 2 is 1.78 bits per heavy atom. The van der Waals surface area contributed by atoms with Gasteiger partial charge in [-0.2, -0.15) is 0 Å². The number of amides is 3. The summed E-state index contributed by atoms with van der Waals surface area (Å²) in [6.07, 6.45) is 0. The topological polar surface area (TPSA) is 64.7 Å². The number of urea groups is 1. The van der Waals surface area contributed by atoms with Crippen LogP contribution in [0.3, 0.4) is 0 Å². The second-order valence-corrected chi connectivity index (χ2v) is 7.21. The fourth-order valence-corrected chi connectivity index (χ4v) is 3.20. The summed E-state index contributed by atoms with van der Waals surface area (Å²) in [6, 6.07) is 14.7. The van der Waals surface area contributed by atoms with Crippen molar-refractivity contribution in [1.29, 1.82) is 0 Å². The molecule has 7 heteroatoms. The molecular weight excluding hydrogens is 364 g/mol. The molecule has 0 aliphatic carbocycles. The number of nitrogens with zero attached hydrogens (tertiary/aromatic N) is 2. The molecule has 2 aromatic carbocycles. The maximum atomic E-state index is 12.1. The van der Waals surface area contributed by atoms with Crippen molar-refractivity contribution < 1.29 is 9.59 Å². The average molecular weight is 387 g/mol. The maximum Gasteiger partial charge on any atom is 0.319 e. The van der Waals surface area contributed by atoms with Crippen molar-refractivity contribution >= 4 is 29.2 Å². The highest BCUT2D eigenvalue weighted by Crippen LogP contribution is 2.25. The van der Waals surface area contributed by atoms with Gasteiger partial charge in [0.15, 0.2) is 0 Å². The van der Waals surface area contributed by atoms with Crippen LogP contribution in [-0.2, 0) is 11.3 Å². The van der Waals surface area contributed by atoms with Crippen molar-refractivity contribution in [2.75, 3.05) is 32.5 Å². The molecule has 1 aliphatic rings. The number of halogens is 1. The van der Waals surface area contributed by atoms with Gasteiger partial charge in [-0.25, -0.2) is 4.79 Å². The van der Waals surface area contributed by atoms with E-state index in [4.69, 9.17) is 11.6 Å². The van der Waals surface area contributed by atoms with E-state index < -0.39 is 0 Å². The second-order valence-electron chi connectivity index (χ2n) is 6.77. The quantitative estimate of drug-likeness (QED) is 0.848. The van der Waals surface area contributed by atoms with E-state index in [9.17, 15) is 9.59 Å². The molecule has 0 radical (unpaired) electrons. The van der Waals surface area contributed by atoms with E-state index in [2.05, 4.69) is 10.6 Å². The third-order valence-corrected chi connectivity index (χ3v) is 4.92. The van der Waals surface area contributed by atoms with Crippen molar-refractivity contribution in [3.05, 3.63) is 64.7 Å². The summed E-state index contributed by atoms with van der Waals surface area (Å²) >= 11 is 5.85. The summed E-state index contributed by atoms with van der Waals surface area (Å²) in [6.45, 7) is 1.65. The zero-order chi connectivity index (χ0) is 19.4. The van der Waals surface area contributed by atoms with E-state index in [0.717, 1.165) is 17.7 Å². The van der Waals surface area contributed by atoms with E-state index in [1.165, 1.54) is 0 Å². The van der Waals surface area contributed by atoms with Crippen LogP contribution in [0.2, 0.25) is 5.02 Å². The third kappa shape index (κ3) is 4.99. The fraction of sp³-hybridized carbons (Fsp3) is 0.300. The molecule has 2 aromatic rings. The number of rotatable bonds is 4. The van der Waals surface area contributed by atoms with Gasteiger partial charge in [0.05, 0.1) is 12.6 Å². The molecule has 0 bridgehead atoms. The van der Waals surface area contributed by atoms with Gasteiger partial charge in [-0.3, -0.25) is 9.69 Å². The Morgan fingerprint density at radius 3 is 2.44 bits per heavy atom. The van der Waals surface area contributed by atoms with Crippen LogP contribution in [0.4, 0.5) is 10.5 Å². The average Bonchev–Trinajstić information content (AvgIpc) is 2.65. The van der Waals surface area contributed by atoms with Crippen molar-refractivity contribution in [2.45, 2.75) is 12.6 Å². The van der Waals surface area contributed by atoms with Crippen LogP contribution in [0.25, 0.3) is 0 Å². The van der Waals surface area contributed by atoms with Gasteiger partial charge in [0, 0.05) is 30.8 Å². The fourth-order valence-electron chi connectivity index (χ4n) is 3.08. The molecule has 0 aromatic heterocycles. The summed E-state index contributed by atoms with van der Waals surface area (Å²) in [5.41, 5.74) is 2.72. The van der Waals surface area contributed by atoms with Gasteiger partial charge in [0.25, 0.3) is 0 Å². The predicted octanol–water partition coefficient (Wildman–Crippen LogP) is 3.11. The van der Waals surface area contributed by atoms with Crippen molar-refractivity contribution in [3.63, 3.8) is 0 Å². The molecule has 2 N–H and O–H groups in total. The highest BCUT2D eigenvalue weighted by atomic mass is 35.5. The van der Waals surface area contributed by atoms with Gasteiger partial charge < -0.3 is 15.5 Å². The van der Waals surface area contributed by atoms with Gasteiger partial charge in [-0.15, -0.1) is 0 Å². The smallest absolute Gasteiger partial charge is 0.319 e. The minimum atomic E-state index is -0.276. The van der Waals surface area contributed by atoms with E-state index in [-0.39, 0.29) is 18.0 Å². The molecule has 1 fully saturated rings. The Bertz CT molecular complexity index is 808. The summed E-state index contributed by atoms with van der Waals surface area (Å²) in [4.78, 5) is 27.9. The number of carbonyl (C=O) groups is 2. The van der Waals surface area contributed by atoms with Crippen LogP contribution in [0, 0.1) is 0 Å². The highest BCUT2D eigenvalue weighted by Gasteiger charge is 2.28. The summed E-state index contributed by atoms with van der Waals surface area (Å²) in [5, 5.41) is 6.29. The van der Waals surface area contributed by atoms with Gasteiger partial charge in [0.1, 0.15) is 0 Å². The molecule has 3 rings (SSSR count). The number of hydrogen-bond donors (Lipinski definition) is 2. The van der Waals surface area contributed by atoms with Gasteiger partial charge in [0.2, 0.25) is 5.91 Å². The molecule has 0 saturated carbocycles. The van der Waals surface area contributed by atoms with E-state index >= 15 is 0 Å². The molecule has 0 spiro atoms. The number of anilines is 1. The molecule has 3 amide bonds. The Kier molecular flexibility index (Phi) is 5.98. The zero-order valence-corrected chi connectivity index (χ0v) is 16.2. The molecule has 1 unspecified atom stereocenters. The standard InChI is InChI=1S/C20H23ClN4O2/c1-24-12-18(25(2)19(26)13-24)15-5-9-17(10-6-15)23-20(27)22-11-14-3-7-16(21)8-4-14/h3-10,18H,11-13H2,1-2H3,(H2,22,23,27). The van der Waals surface area contributed by atoms with Crippen molar-refractivity contribution in [3.8, 4) is 0 Å². The molecule has 1 aliphatic heterocycles. The lowest BCUT2D eigenvalue weighted by atomic mass is 10.0. The first kappa shape index (κ1) is 19.2. The second kappa shape index (κ2) is 8.41. The SMILES string of the molecule is CN1CC(=O)N(C)C(c2ccc(NC(=O)NCc3ccc(Cl)cc3)cc2)C1. The number of hydrogen-bond acceptors (Lipinski definition) is 3. The van der Waals surface area contributed by atoms with Gasteiger partial charge in [-0.05, 0) is 42.4 Å². The number of carbonyl (C=O) groups excluding carboxylic acids is 2. The van der Waals surface area contributed by atoms with Crippen molar-refractivity contribution in [2.24, 2.45) is 0 Å². The molecule has 142 valence electrons. The molecule has 27 heavy (non-hydrogen) atoms. The minimum Gasteiger partial charge on any atom is -0.336 e. The first-order valence-electron chi connectivity index (χ1n) is 8.76. The lowest BCUT2D eigenvalue weighted by Gasteiger charge is -2.37. The Labute approximate surface area is 164 Å². The molecule has 1 heterocycles. The zero-order valence-electron chi connectivity index (χ0n) is 15.4. The van der Waals surface area contributed by atoms with Crippen LogP contribution in [0.15, 0.2) is 48.5 Å².